The molecule has 0 spiro atoms. The van der Waals surface area contributed by atoms with Gasteiger partial charge in [-0.15, -0.1) is 0 Å². The summed E-state index contributed by atoms with van der Waals surface area (Å²) in [5.74, 6) is 0.779. The maximum atomic E-state index is 2.33. The fourth-order valence-corrected chi connectivity index (χ4v) is 3.19. The van der Waals surface area contributed by atoms with E-state index in [0.717, 1.165) is 5.92 Å². The Labute approximate surface area is 107 Å². The minimum Gasteiger partial charge on any atom is -0.0616 e. The fourth-order valence-electron chi connectivity index (χ4n) is 3.19. The topological polar surface area (TPSA) is 0 Å². The summed E-state index contributed by atoms with van der Waals surface area (Å²) >= 11 is 0. The highest BCUT2D eigenvalue weighted by atomic mass is 14.3. The number of hydrogen-bond donors (Lipinski definition) is 0. The van der Waals surface area contributed by atoms with Gasteiger partial charge in [-0.25, -0.2) is 0 Å². The minimum atomic E-state index is 0.779. The van der Waals surface area contributed by atoms with Crippen LogP contribution in [0.4, 0.5) is 0 Å². The summed E-state index contributed by atoms with van der Waals surface area (Å²) in [5, 5.41) is 5.69. The van der Waals surface area contributed by atoms with Crippen molar-refractivity contribution < 1.29 is 0 Å². The molecule has 0 atom stereocenters. The van der Waals surface area contributed by atoms with Gasteiger partial charge in [0, 0.05) is 0 Å². The minimum absolute atomic E-state index is 0.779. The highest BCUT2D eigenvalue weighted by Gasteiger charge is 2.23. The Kier molecular flexibility index (Phi) is 2.16. The molecule has 88 valence electrons. The van der Waals surface area contributed by atoms with Gasteiger partial charge in [0.25, 0.3) is 0 Å². The van der Waals surface area contributed by atoms with Crippen molar-refractivity contribution in [3.63, 3.8) is 0 Å². The Balaban J connectivity index is 2.17. The maximum Gasteiger partial charge on any atom is -0.0143 e. The van der Waals surface area contributed by atoms with Gasteiger partial charge >= 0.3 is 0 Å². The molecule has 0 unspecified atom stereocenters. The van der Waals surface area contributed by atoms with E-state index in [0.29, 0.717) is 0 Å². The SMILES string of the molecule is c1ccc2c(C3CCC3)c3ccccc3cc2c1. The molecule has 0 heteroatoms. The normalized spacial score (nSPS) is 16.0. The Morgan fingerprint density at radius 3 is 1.78 bits per heavy atom. The van der Waals surface area contributed by atoms with Crippen molar-refractivity contribution >= 4 is 21.5 Å². The molecule has 0 saturated heterocycles. The summed E-state index contributed by atoms with van der Waals surface area (Å²) in [4.78, 5) is 0. The summed E-state index contributed by atoms with van der Waals surface area (Å²) in [7, 11) is 0. The summed E-state index contributed by atoms with van der Waals surface area (Å²) in [6.45, 7) is 0. The van der Waals surface area contributed by atoms with Crippen LogP contribution in [0.1, 0.15) is 30.7 Å². The van der Waals surface area contributed by atoms with E-state index in [1.807, 2.05) is 0 Å². The molecule has 4 rings (SSSR count). The van der Waals surface area contributed by atoms with Crippen molar-refractivity contribution in [1.82, 2.24) is 0 Å². The molecular formula is C18H16. The first-order valence-corrected chi connectivity index (χ1v) is 6.84. The van der Waals surface area contributed by atoms with E-state index in [4.69, 9.17) is 0 Å². The van der Waals surface area contributed by atoms with Gasteiger partial charge in [-0.3, -0.25) is 0 Å². The highest BCUT2D eigenvalue weighted by molar-refractivity contribution is 6.02. The third kappa shape index (κ3) is 1.38. The Bertz CT molecular complexity index is 666. The number of rotatable bonds is 1. The smallest absolute Gasteiger partial charge is 0.0143 e. The lowest BCUT2D eigenvalue weighted by molar-refractivity contribution is 0.424. The van der Waals surface area contributed by atoms with Crippen molar-refractivity contribution in [1.29, 1.82) is 0 Å². The monoisotopic (exact) mass is 232 g/mol. The summed E-state index contributed by atoms with van der Waals surface area (Å²) in [6.07, 6.45) is 4.11. The van der Waals surface area contributed by atoms with Crippen molar-refractivity contribution in [3.05, 3.63) is 60.2 Å². The first-order valence-electron chi connectivity index (χ1n) is 6.84. The average Bonchev–Trinajstić information content (AvgIpc) is 2.36. The van der Waals surface area contributed by atoms with E-state index in [-0.39, 0.29) is 0 Å². The van der Waals surface area contributed by atoms with Crippen molar-refractivity contribution in [3.8, 4) is 0 Å². The molecular weight excluding hydrogens is 216 g/mol. The first kappa shape index (κ1) is 10.1. The lowest BCUT2D eigenvalue weighted by atomic mass is 9.76. The van der Waals surface area contributed by atoms with E-state index in [9.17, 15) is 0 Å². The van der Waals surface area contributed by atoms with E-state index < -0.39 is 0 Å². The van der Waals surface area contributed by atoms with Gasteiger partial charge in [-0.2, -0.15) is 0 Å². The lowest BCUT2D eigenvalue weighted by Gasteiger charge is -2.28. The van der Waals surface area contributed by atoms with Gasteiger partial charge in [0.05, 0.1) is 0 Å². The third-order valence-electron chi connectivity index (χ3n) is 4.33. The van der Waals surface area contributed by atoms with Crippen LogP contribution in [0.15, 0.2) is 54.6 Å². The zero-order chi connectivity index (χ0) is 11.9. The molecule has 0 heterocycles. The molecule has 0 radical (unpaired) electrons. The molecule has 1 saturated carbocycles. The van der Waals surface area contributed by atoms with E-state index in [2.05, 4.69) is 54.6 Å². The number of hydrogen-bond acceptors (Lipinski definition) is 0. The average molecular weight is 232 g/mol. The summed E-state index contributed by atoms with van der Waals surface area (Å²) in [5.41, 5.74) is 1.59. The Morgan fingerprint density at radius 2 is 1.28 bits per heavy atom. The molecule has 18 heavy (non-hydrogen) atoms. The largest absolute Gasteiger partial charge is 0.0616 e. The molecule has 0 aliphatic heterocycles. The molecule has 0 amide bonds. The van der Waals surface area contributed by atoms with Gasteiger partial charge < -0.3 is 0 Å². The predicted octanol–water partition coefficient (Wildman–Crippen LogP) is 5.26. The Hall–Kier alpha value is -1.82. The van der Waals surface area contributed by atoms with Crippen molar-refractivity contribution in [2.75, 3.05) is 0 Å². The molecule has 1 fully saturated rings. The fraction of sp³-hybridized carbons (Fsp3) is 0.222. The maximum absolute atomic E-state index is 2.33. The zero-order valence-corrected chi connectivity index (χ0v) is 10.4. The standard InChI is InChI=1S/C18H16/c1-3-10-16-14(6-1)12-15-7-2-4-11-17(15)18(16)13-8-5-9-13/h1-4,6-7,10-13H,5,8-9H2. The van der Waals surface area contributed by atoms with Crippen molar-refractivity contribution in [2.45, 2.75) is 25.2 Å². The zero-order valence-electron chi connectivity index (χ0n) is 10.4. The highest BCUT2D eigenvalue weighted by Crippen LogP contribution is 2.43. The third-order valence-corrected chi connectivity index (χ3v) is 4.33. The van der Waals surface area contributed by atoms with Gasteiger partial charge in [0.2, 0.25) is 0 Å². The van der Waals surface area contributed by atoms with Gasteiger partial charge in [0.1, 0.15) is 0 Å². The van der Waals surface area contributed by atoms with Crippen LogP contribution in [-0.4, -0.2) is 0 Å². The van der Waals surface area contributed by atoms with Crippen LogP contribution in [-0.2, 0) is 0 Å². The van der Waals surface area contributed by atoms with Crippen molar-refractivity contribution in [2.24, 2.45) is 0 Å². The van der Waals surface area contributed by atoms with Gasteiger partial charge in [0.15, 0.2) is 0 Å². The van der Waals surface area contributed by atoms with Crippen LogP contribution in [0.5, 0.6) is 0 Å². The summed E-state index contributed by atoms with van der Waals surface area (Å²) in [6, 6.07) is 20.0. The second-order valence-corrected chi connectivity index (χ2v) is 5.36. The number of fused-ring (bicyclic) bond motifs is 2. The molecule has 0 nitrogen and oxygen atoms in total. The second kappa shape index (κ2) is 3.84. The van der Waals surface area contributed by atoms with Crippen LogP contribution >= 0.6 is 0 Å². The van der Waals surface area contributed by atoms with E-state index in [1.54, 1.807) is 5.56 Å². The molecule has 3 aromatic rings. The second-order valence-electron chi connectivity index (χ2n) is 5.36. The van der Waals surface area contributed by atoms with Crippen LogP contribution in [0.25, 0.3) is 21.5 Å². The van der Waals surface area contributed by atoms with E-state index >= 15 is 0 Å². The van der Waals surface area contributed by atoms with Crippen LogP contribution in [0.3, 0.4) is 0 Å². The molecule has 0 N–H and O–H groups in total. The lowest BCUT2D eigenvalue weighted by Crippen LogP contribution is -2.09. The van der Waals surface area contributed by atoms with Crippen LogP contribution < -0.4 is 0 Å². The first-order chi connectivity index (χ1) is 8.93. The van der Waals surface area contributed by atoms with Crippen LogP contribution in [0, 0.1) is 0 Å². The summed E-state index contributed by atoms with van der Waals surface area (Å²) < 4.78 is 0. The molecule has 0 aromatic heterocycles. The molecule has 1 aliphatic carbocycles. The molecule has 0 bridgehead atoms. The van der Waals surface area contributed by atoms with Crippen LogP contribution in [0.2, 0.25) is 0 Å². The van der Waals surface area contributed by atoms with E-state index in [1.165, 1.54) is 40.8 Å². The molecule has 3 aromatic carbocycles. The predicted molar refractivity (Wildman–Crippen MR) is 78.0 cm³/mol. The molecule has 1 aliphatic rings. The van der Waals surface area contributed by atoms with Gasteiger partial charge in [-0.05, 0) is 51.9 Å². The Morgan fingerprint density at radius 1 is 0.722 bits per heavy atom. The quantitative estimate of drug-likeness (QED) is 0.502. The van der Waals surface area contributed by atoms with Gasteiger partial charge in [-0.1, -0.05) is 55.0 Å². The number of benzene rings is 3.